The summed E-state index contributed by atoms with van der Waals surface area (Å²) in [6.45, 7) is 12.0. The highest BCUT2D eigenvalue weighted by molar-refractivity contribution is 4.67. The zero-order valence-electron chi connectivity index (χ0n) is 14.3. The maximum Gasteiger partial charge on any atom is 0.0626 e. The van der Waals surface area contributed by atoms with Gasteiger partial charge in [-0.25, -0.2) is 0 Å². The van der Waals surface area contributed by atoms with Crippen molar-refractivity contribution in [2.75, 3.05) is 6.61 Å². The number of hydrogen-bond donors (Lipinski definition) is 0. The third kappa shape index (κ3) is 14.2. The van der Waals surface area contributed by atoms with Crippen LogP contribution in [0.3, 0.4) is 0 Å². The predicted molar refractivity (Wildman–Crippen MR) is 86.7 cm³/mol. The van der Waals surface area contributed by atoms with Gasteiger partial charge in [0.25, 0.3) is 0 Å². The molecule has 1 nitrogen and oxygen atoms in total. The number of unbranched alkanes of at least 4 members (excludes halogenated alkanes) is 7. The fourth-order valence-corrected chi connectivity index (χ4v) is 2.63. The number of hydrogen-bond acceptors (Lipinski definition) is 1. The Balaban J connectivity index is 3.19. The van der Waals surface area contributed by atoms with Crippen molar-refractivity contribution in [2.24, 2.45) is 5.92 Å². The summed E-state index contributed by atoms with van der Waals surface area (Å²) in [6.07, 6.45) is 13.9. The third-order valence-corrected chi connectivity index (χ3v) is 3.85. The molecule has 0 saturated heterocycles. The molecule has 0 unspecified atom stereocenters. The van der Waals surface area contributed by atoms with Crippen molar-refractivity contribution < 1.29 is 4.74 Å². The van der Waals surface area contributed by atoms with Crippen LogP contribution < -0.4 is 0 Å². The maximum atomic E-state index is 5.72. The minimum absolute atomic E-state index is 0.0889. The monoisotopic (exact) mass is 270 g/mol. The summed E-state index contributed by atoms with van der Waals surface area (Å²) >= 11 is 0. The Morgan fingerprint density at radius 3 is 1.74 bits per heavy atom. The molecule has 0 aliphatic carbocycles. The molecular formula is C18H38O. The molecule has 0 atom stereocenters. The predicted octanol–water partition coefficient (Wildman–Crippen LogP) is 6.36. The van der Waals surface area contributed by atoms with E-state index in [1.165, 1.54) is 64.2 Å². The van der Waals surface area contributed by atoms with Crippen molar-refractivity contribution >= 4 is 0 Å². The van der Waals surface area contributed by atoms with Gasteiger partial charge in [0.05, 0.1) is 5.60 Å². The molecule has 0 saturated carbocycles. The molecule has 19 heavy (non-hydrogen) atoms. The van der Waals surface area contributed by atoms with Crippen LogP contribution in [-0.2, 0) is 4.74 Å². The van der Waals surface area contributed by atoms with E-state index < -0.39 is 0 Å². The molecule has 0 N–H and O–H groups in total. The summed E-state index contributed by atoms with van der Waals surface area (Å²) in [5.74, 6) is 0.883. The lowest BCUT2D eigenvalue weighted by atomic mass is 9.98. The van der Waals surface area contributed by atoms with Crippen molar-refractivity contribution in [2.45, 2.75) is 104 Å². The largest absolute Gasteiger partial charge is 0.376 e. The minimum Gasteiger partial charge on any atom is -0.376 e. The van der Waals surface area contributed by atoms with Gasteiger partial charge in [-0.05, 0) is 33.1 Å². The zero-order chi connectivity index (χ0) is 14.6. The van der Waals surface area contributed by atoms with Crippen molar-refractivity contribution in [3.63, 3.8) is 0 Å². The lowest BCUT2D eigenvalue weighted by molar-refractivity contribution is -0.0177. The molecule has 0 rings (SSSR count). The van der Waals surface area contributed by atoms with Gasteiger partial charge in [-0.15, -0.1) is 0 Å². The van der Waals surface area contributed by atoms with E-state index in [-0.39, 0.29) is 5.60 Å². The summed E-state index contributed by atoms with van der Waals surface area (Å²) in [6, 6.07) is 0. The van der Waals surface area contributed by atoms with Crippen LogP contribution in [-0.4, -0.2) is 12.2 Å². The van der Waals surface area contributed by atoms with Crippen molar-refractivity contribution in [3.05, 3.63) is 0 Å². The molecule has 0 amide bonds. The third-order valence-electron chi connectivity index (χ3n) is 3.85. The van der Waals surface area contributed by atoms with Gasteiger partial charge < -0.3 is 4.74 Å². The molecule has 0 heterocycles. The number of rotatable bonds is 13. The standard InChI is InChI=1S/C18H38O/c1-6-19-18(4,5)16-14-12-10-8-7-9-11-13-15-17(2)3/h17H,6-16H2,1-5H3. The fourth-order valence-electron chi connectivity index (χ4n) is 2.63. The average Bonchev–Trinajstić information content (AvgIpc) is 2.31. The topological polar surface area (TPSA) is 9.23 Å². The minimum atomic E-state index is 0.0889. The Kier molecular flexibility index (Phi) is 11.7. The van der Waals surface area contributed by atoms with Gasteiger partial charge >= 0.3 is 0 Å². The second-order valence-electron chi connectivity index (χ2n) is 6.95. The fraction of sp³-hybridized carbons (Fsp3) is 1.00. The van der Waals surface area contributed by atoms with E-state index in [0.29, 0.717) is 0 Å². The van der Waals surface area contributed by atoms with E-state index >= 15 is 0 Å². The Bertz CT molecular complexity index is 184. The molecule has 0 aliphatic rings. The lowest BCUT2D eigenvalue weighted by Gasteiger charge is -2.24. The van der Waals surface area contributed by atoms with E-state index in [2.05, 4.69) is 34.6 Å². The smallest absolute Gasteiger partial charge is 0.0626 e. The first-order chi connectivity index (χ1) is 8.98. The SMILES string of the molecule is CCOC(C)(C)CCCCCCCCCCC(C)C. The summed E-state index contributed by atoms with van der Waals surface area (Å²) in [5.41, 5.74) is 0.0889. The quantitative estimate of drug-likeness (QED) is 0.354. The van der Waals surface area contributed by atoms with Gasteiger partial charge in [-0.1, -0.05) is 71.6 Å². The van der Waals surface area contributed by atoms with E-state index in [0.717, 1.165) is 12.5 Å². The summed E-state index contributed by atoms with van der Waals surface area (Å²) in [5, 5.41) is 0. The summed E-state index contributed by atoms with van der Waals surface area (Å²) in [7, 11) is 0. The van der Waals surface area contributed by atoms with Crippen LogP contribution in [0.15, 0.2) is 0 Å². The highest BCUT2D eigenvalue weighted by atomic mass is 16.5. The Hall–Kier alpha value is -0.0400. The van der Waals surface area contributed by atoms with Crippen LogP contribution in [0.4, 0.5) is 0 Å². The molecule has 116 valence electrons. The zero-order valence-corrected chi connectivity index (χ0v) is 14.3. The van der Waals surface area contributed by atoms with Gasteiger partial charge in [0.15, 0.2) is 0 Å². The molecule has 0 aliphatic heterocycles. The Morgan fingerprint density at radius 1 is 0.789 bits per heavy atom. The molecule has 0 aromatic rings. The van der Waals surface area contributed by atoms with Crippen molar-refractivity contribution in [1.82, 2.24) is 0 Å². The average molecular weight is 271 g/mol. The molecule has 0 aromatic carbocycles. The second kappa shape index (κ2) is 11.8. The highest BCUT2D eigenvalue weighted by Gasteiger charge is 2.16. The van der Waals surface area contributed by atoms with Crippen molar-refractivity contribution in [1.29, 1.82) is 0 Å². The maximum absolute atomic E-state index is 5.72. The van der Waals surface area contributed by atoms with Gasteiger partial charge in [0.1, 0.15) is 0 Å². The van der Waals surface area contributed by atoms with Crippen LogP contribution in [0.2, 0.25) is 0 Å². The van der Waals surface area contributed by atoms with Crippen LogP contribution in [0.25, 0.3) is 0 Å². The number of ether oxygens (including phenoxy) is 1. The van der Waals surface area contributed by atoms with Crippen molar-refractivity contribution in [3.8, 4) is 0 Å². The molecule has 0 radical (unpaired) electrons. The van der Waals surface area contributed by atoms with Crippen LogP contribution in [0.5, 0.6) is 0 Å². The van der Waals surface area contributed by atoms with Crippen LogP contribution >= 0.6 is 0 Å². The first-order valence-corrected chi connectivity index (χ1v) is 8.62. The second-order valence-corrected chi connectivity index (χ2v) is 6.95. The molecular weight excluding hydrogens is 232 g/mol. The molecule has 0 spiro atoms. The van der Waals surface area contributed by atoms with Gasteiger partial charge in [0.2, 0.25) is 0 Å². The molecule has 0 aromatic heterocycles. The molecule has 1 heteroatoms. The van der Waals surface area contributed by atoms with Gasteiger partial charge in [-0.2, -0.15) is 0 Å². The van der Waals surface area contributed by atoms with E-state index in [1.807, 2.05) is 0 Å². The Morgan fingerprint density at radius 2 is 1.26 bits per heavy atom. The van der Waals surface area contributed by atoms with E-state index in [9.17, 15) is 0 Å². The summed E-state index contributed by atoms with van der Waals surface area (Å²) in [4.78, 5) is 0. The van der Waals surface area contributed by atoms with Gasteiger partial charge in [-0.3, -0.25) is 0 Å². The lowest BCUT2D eigenvalue weighted by Crippen LogP contribution is -2.23. The van der Waals surface area contributed by atoms with Gasteiger partial charge in [0, 0.05) is 6.61 Å². The normalized spacial score (nSPS) is 12.3. The van der Waals surface area contributed by atoms with Crippen LogP contribution in [0.1, 0.15) is 98.8 Å². The first kappa shape index (κ1) is 19.0. The van der Waals surface area contributed by atoms with Crippen LogP contribution in [0, 0.1) is 5.92 Å². The molecule has 0 bridgehead atoms. The Labute approximate surface area is 122 Å². The highest BCUT2D eigenvalue weighted by Crippen LogP contribution is 2.19. The van der Waals surface area contributed by atoms with E-state index in [1.54, 1.807) is 0 Å². The molecule has 0 fully saturated rings. The van der Waals surface area contributed by atoms with E-state index in [4.69, 9.17) is 4.74 Å². The first-order valence-electron chi connectivity index (χ1n) is 8.62. The summed E-state index contributed by atoms with van der Waals surface area (Å²) < 4.78 is 5.72.